The van der Waals surface area contributed by atoms with Crippen molar-refractivity contribution < 1.29 is 9.21 Å². The molecule has 1 aromatic carbocycles. The van der Waals surface area contributed by atoms with E-state index >= 15 is 0 Å². The lowest BCUT2D eigenvalue weighted by atomic mass is 10.2. The van der Waals surface area contributed by atoms with E-state index in [0.29, 0.717) is 12.3 Å². The fourth-order valence-electron chi connectivity index (χ4n) is 2.13. The van der Waals surface area contributed by atoms with E-state index in [1.807, 2.05) is 18.2 Å². The number of unbranched alkanes of at least 4 members (excludes halogenated alkanes) is 1. The van der Waals surface area contributed by atoms with Crippen LogP contribution in [0.4, 0.5) is 5.69 Å². The molecule has 1 saturated carbocycles. The van der Waals surface area contributed by atoms with Gasteiger partial charge < -0.3 is 9.73 Å². The van der Waals surface area contributed by atoms with E-state index in [9.17, 15) is 4.79 Å². The van der Waals surface area contributed by atoms with Gasteiger partial charge in [-0.3, -0.25) is 4.79 Å². The minimum absolute atomic E-state index is 0.0520. The number of nitrogens with zero attached hydrogens (tertiary/aromatic N) is 1. The highest BCUT2D eigenvalue weighted by atomic mass is 79.9. The maximum Gasteiger partial charge on any atom is 0.224 e. The van der Waals surface area contributed by atoms with Gasteiger partial charge >= 0.3 is 0 Å². The molecule has 0 atom stereocenters. The SMILES string of the molecule is O=C(CCCCBr)Nc1ccc2oc(C3CC3)nc2c1. The lowest BCUT2D eigenvalue weighted by molar-refractivity contribution is -0.116. The zero-order valence-electron chi connectivity index (χ0n) is 11.2. The summed E-state index contributed by atoms with van der Waals surface area (Å²) < 4.78 is 5.70. The fraction of sp³-hybridized carbons (Fsp3) is 0.467. The number of fused-ring (bicyclic) bond motifs is 1. The number of anilines is 1. The highest BCUT2D eigenvalue weighted by Crippen LogP contribution is 2.40. The Bertz CT molecular complexity index is 619. The Balaban J connectivity index is 1.67. The van der Waals surface area contributed by atoms with Gasteiger partial charge in [0.2, 0.25) is 5.91 Å². The predicted octanol–water partition coefficient (Wildman–Crippen LogP) is 4.21. The Morgan fingerprint density at radius 1 is 1.40 bits per heavy atom. The third-order valence-corrected chi connectivity index (χ3v) is 3.96. The van der Waals surface area contributed by atoms with Crippen LogP contribution in [0.5, 0.6) is 0 Å². The molecule has 1 heterocycles. The molecular weight excluding hydrogens is 320 g/mol. The second kappa shape index (κ2) is 5.95. The first-order chi connectivity index (χ1) is 9.76. The van der Waals surface area contributed by atoms with Crippen molar-refractivity contribution in [1.29, 1.82) is 0 Å². The van der Waals surface area contributed by atoms with E-state index in [2.05, 4.69) is 26.2 Å². The summed E-state index contributed by atoms with van der Waals surface area (Å²) in [6, 6.07) is 5.63. The number of hydrogen-bond acceptors (Lipinski definition) is 3. The molecule has 20 heavy (non-hydrogen) atoms. The Labute approximate surface area is 126 Å². The van der Waals surface area contributed by atoms with Crippen LogP contribution >= 0.6 is 15.9 Å². The molecule has 106 valence electrons. The second-order valence-corrected chi connectivity index (χ2v) is 6.00. The number of halogens is 1. The smallest absolute Gasteiger partial charge is 0.224 e. The van der Waals surface area contributed by atoms with Crippen molar-refractivity contribution in [2.24, 2.45) is 0 Å². The van der Waals surface area contributed by atoms with Crippen LogP contribution in [-0.2, 0) is 4.79 Å². The number of alkyl halides is 1. The maximum absolute atomic E-state index is 11.8. The van der Waals surface area contributed by atoms with Crippen LogP contribution in [-0.4, -0.2) is 16.2 Å². The number of amides is 1. The number of aromatic nitrogens is 1. The summed E-state index contributed by atoms with van der Waals surface area (Å²) in [6.45, 7) is 0. The quantitative estimate of drug-likeness (QED) is 0.635. The van der Waals surface area contributed by atoms with E-state index in [0.717, 1.165) is 40.8 Å². The summed E-state index contributed by atoms with van der Waals surface area (Å²) >= 11 is 3.36. The van der Waals surface area contributed by atoms with Crippen LogP contribution in [0.2, 0.25) is 0 Å². The number of carbonyl (C=O) groups excluding carboxylic acids is 1. The van der Waals surface area contributed by atoms with Crippen molar-refractivity contribution in [3.8, 4) is 0 Å². The third-order valence-electron chi connectivity index (χ3n) is 3.40. The van der Waals surface area contributed by atoms with Crippen molar-refractivity contribution in [3.05, 3.63) is 24.1 Å². The molecule has 2 aromatic rings. The van der Waals surface area contributed by atoms with Gasteiger partial charge in [-0.2, -0.15) is 0 Å². The molecule has 1 fully saturated rings. The molecule has 1 amide bonds. The molecule has 1 aliphatic rings. The largest absolute Gasteiger partial charge is 0.440 e. The zero-order chi connectivity index (χ0) is 13.9. The molecule has 0 radical (unpaired) electrons. The van der Waals surface area contributed by atoms with Crippen LogP contribution in [0.25, 0.3) is 11.1 Å². The van der Waals surface area contributed by atoms with Crippen molar-refractivity contribution in [3.63, 3.8) is 0 Å². The number of hydrogen-bond donors (Lipinski definition) is 1. The highest BCUT2D eigenvalue weighted by Gasteiger charge is 2.28. The average Bonchev–Trinajstić information content (AvgIpc) is 3.19. The van der Waals surface area contributed by atoms with Gasteiger partial charge in [-0.05, 0) is 43.9 Å². The molecule has 0 bridgehead atoms. The summed E-state index contributed by atoms with van der Waals surface area (Å²) in [4.78, 5) is 16.3. The maximum atomic E-state index is 11.8. The Hall–Kier alpha value is -1.36. The first kappa shape index (κ1) is 13.6. The van der Waals surface area contributed by atoms with Gasteiger partial charge in [0.05, 0.1) is 0 Å². The van der Waals surface area contributed by atoms with E-state index in [1.165, 1.54) is 12.8 Å². The molecule has 0 saturated heterocycles. The molecule has 0 spiro atoms. The van der Waals surface area contributed by atoms with Gasteiger partial charge in [-0.1, -0.05) is 15.9 Å². The molecule has 1 aliphatic carbocycles. The highest BCUT2D eigenvalue weighted by molar-refractivity contribution is 9.09. The van der Waals surface area contributed by atoms with Gasteiger partial charge in [-0.15, -0.1) is 0 Å². The topological polar surface area (TPSA) is 55.1 Å². The van der Waals surface area contributed by atoms with Crippen LogP contribution in [0.3, 0.4) is 0 Å². The number of rotatable bonds is 6. The van der Waals surface area contributed by atoms with Crippen molar-refractivity contribution in [1.82, 2.24) is 4.98 Å². The molecule has 0 aliphatic heterocycles. The predicted molar refractivity (Wildman–Crippen MR) is 82.3 cm³/mol. The Morgan fingerprint density at radius 2 is 2.25 bits per heavy atom. The molecule has 5 heteroatoms. The first-order valence-corrected chi connectivity index (χ1v) is 8.15. The lowest BCUT2D eigenvalue weighted by Crippen LogP contribution is -2.10. The van der Waals surface area contributed by atoms with Crippen molar-refractivity contribution >= 4 is 38.6 Å². The number of oxazole rings is 1. The van der Waals surface area contributed by atoms with Crippen molar-refractivity contribution in [2.45, 2.75) is 38.0 Å². The number of benzene rings is 1. The van der Waals surface area contributed by atoms with Gasteiger partial charge in [-0.25, -0.2) is 4.98 Å². The zero-order valence-corrected chi connectivity index (χ0v) is 12.8. The van der Waals surface area contributed by atoms with Crippen molar-refractivity contribution in [2.75, 3.05) is 10.6 Å². The molecule has 0 unspecified atom stereocenters. The summed E-state index contributed by atoms with van der Waals surface area (Å²) in [5.41, 5.74) is 2.41. The summed E-state index contributed by atoms with van der Waals surface area (Å²) in [6.07, 6.45) is 4.80. The van der Waals surface area contributed by atoms with E-state index < -0.39 is 0 Å². The van der Waals surface area contributed by atoms with E-state index in [1.54, 1.807) is 0 Å². The van der Waals surface area contributed by atoms with Crippen LogP contribution in [0.15, 0.2) is 22.6 Å². The molecular formula is C15H17BrN2O2. The Morgan fingerprint density at radius 3 is 3.00 bits per heavy atom. The fourth-order valence-corrected chi connectivity index (χ4v) is 2.53. The molecule has 3 rings (SSSR count). The van der Waals surface area contributed by atoms with Crippen LogP contribution in [0, 0.1) is 0 Å². The number of carbonyl (C=O) groups is 1. The minimum Gasteiger partial charge on any atom is -0.440 e. The Kier molecular flexibility index (Phi) is 4.05. The monoisotopic (exact) mass is 336 g/mol. The molecule has 1 aromatic heterocycles. The standard InChI is InChI=1S/C15H17BrN2O2/c16-8-2-1-3-14(19)17-11-6-7-13-12(9-11)18-15(20-13)10-4-5-10/h6-7,9-10H,1-5,8H2,(H,17,19). The first-order valence-electron chi connectivity index (χ1n) is 7.02. The normalized spacial score (nSPS) is 14.7. The summed E-state index contributed by atoms with van der Waals surface area (Å²) in [5, 5.41) is 3.85. The molecule has 4 nitrogen and oxygen atoms in total. The van der Waals surface area contributed by atoms with Gasteiger partial charge in [0, 0.05) is 23.4 Å². The second-order valence-electron chi connectivity index (χ2n) is 5.20. The van der Waals surface area contributed by atoms with Gasteiger partial charge in [0.1, 0.15) is 5.52 Å². The average molecular weight is 337 g/mol. The van der Waals surface area contributed by atoms with Crippen LogP contribution in [0.1, 0.15) is 43.9 Å². The summed E-state index contributed by atoms with van der Waals surface area (Å²) in [5.74, 6) is 1.39. The summed E-state index contributed by atoms with van der Waals surface area (Å²) in [7, 11) is 0. The minimum atomic E-state index is 0.0520. The van der Waals surface area contributed by atoms with E-state index in [4.69, 9.17) is 4.42 Å². The molecule has 1 N–H and O–H groups in total. The van der Waals surface area contributed by atoms with Gasteiger partial charge in [0.25, 0.3) is 0 Å². The number of nitrogens with one attached hydrogen (secondary N) is 1. The third kappa shape index (κ3) is 3.20. The van der Waals surface area contributed by atoms with Gasteiger partial charge in [0.15, 0.2) is 11.5 Å². The van der Waals surface area contributed by atoms with E-state index in [-0.39, 0.29) is 5.91 Å². The van der Waals surface area contributed by atoms with Crippen LogP contribution < -0.4 is 5.32 Å². The lowest BCUT2D eigenvalue weighted by Gasteiger charge is -2.04.